The van der Waals surface area contributed by atoms with Gasteiger partial charge in [0.05, 0.1) is 24.1 Å². The lowest BCUT2D eigenvalue weighted by Crippen LogP contribution is -2.01. The van der Waals surface area contributed by atoms with Gasteiger partial charge in [0.15, 0.2) is 0 Å². The Morgan fingerprint density at radius 1 is 1.12 bits per heavy atom. The quantitative estimate of drug-likeness (QED) is 0.879. The molecule has 0 bridgehead atoms. The van der Waals surface area contributed by atoms with Gasteiger partial charge in [0.1, 0.15) is 0 Å². The first kappa shape index (κ1) is 11.0. The van der Waals surface area contributed by atoms with Crippen LogP contribution in [0, 0.1) is 5.95 Å². The maximum atomic E-state index is 12.5. The largest absolute Gasteiger partial charge is 0.378 e. The van der Waals surface area contributed by atoms with E-state index in [0.29, 0.717) is 6.54 Å². The maximum Gasteiger partial charge on any atom is 0.212 e. The number of pyridine rings is 2. The summed E-state index contributed by atoms with van der Waals surface area (Å²) in [6.45, 7) is 0.584. The lowest BCUT2D eigenvalue weighted by atomic mass is 10.3. The molecule has 5 heteroatoms. The van der Waals surface area contributed by atoms with Gasteiger partial charge in [-0.15, -0.1) is 0 Å². The van der Waals surface area contributed by atoms with Crippen molar-refractivity contribution in [2.24, 2.45) is 0 Å². The molecule has 0 aliphatic rings. The lowest BCUT2D eigenvalue weighted by molar-refractivity contribution is 0.584. The number of halogens is 2. The van der Waals surface area contributed by atoms with Crippen molar-refractivity contribution in [2.75, 3.05) is 5.32 Å². The zero-order valence-corrected chi connectivity index (χ0v) is 9.91. The number of hydrogen-bond acceptors (Lipinski definition) is 3. The van der Waals surface area contributed by atoms with Gasteiger partial charge >= 0.3 is 0 Å². The van der Waals surface area contributed by atoms with Crippen LogP contribution in [-0.2, 0) is 6.54 Å². The van der Waals surface area contributed by atoms with Crippen molar-refractivity contribution in [3.8, 4) is 0 Å². The topological polar surface area (TPSA) is 37.8 Å². The summed E-state index contributed by atoms with van der Waals surface area (Å²) in [4.78, 5) is 7.76. The minimum Gasteiger partial charge on any atom is -0.378 e. The van der Waals surface area contributed by atoms with Gasteiger partial charge < -0.3 is 5.32 Å². The highest BCUT2D eigenvalue weighted by Gasteiger charge is 1.96. The molecule has 0 spiro atoms. The molecular formula is C11H9BrFN3. The normalized spacial score (nSPS) is 10.1. The van der Waals surface area contributed by atoms with Gasteiger partial charge in [-0.2, -0.15) is 4.39 Å². The Bertz CT molecular complexity index is 410. The summed E-state index contributed by atoms with van der Waals surface area (Å²) >= 11 is 3.31. The van der Waals surface area contributed by atoms with Crippen LogP contribution in [0.4, 0.5) is 10.1 Å². The molecule has 1 N–H and O–H groups in total. The minimum absolute atomic E-state index is 0.479. The van der Waals surface area contributed by atoms with Crippen molar-refractivity contribution >= 4 is 21.6 Å². The second-order valence-electron chi connectivity index (χ2n) is 3.19. The molecule has 2 heterocycles. The monoisotopic (exact) mass is 281 g/mol. The molecule has 0 saturated carbocycles. The summed E-state index contributed by atoms with van der Waals surface area (Å²) < 4.78 is 13.5. The molecule has 2 rings (SSSR count). The highest BCUT2D eigenvalue weighted by molar-refractivity contribution is 9.10. The van der Waals surface area contributed by atoms with Crippen molar-refractivity contribution in [1.29, 1.82) is 0 Å². The van der Waals surface area contributed by atoms with E-state index in [4.69, 9.17) is 0 Å². The first-order valence-corrected chi connectivity index (χ1v) is 5.49. The predicted molar refractivity (Wildman–Crippen MR) is 63.5 cm³/mol. The Morgan fingerprint density at radius 2 is 2.00 bits per heavy atom. The molecule has 0 unspecified atom stereocenters. The van der Waals surface area contributed by atoms with Crippen LogP contribution >= 0.6 is 15.9 Å². The Balaban J connectivity index is 1.97. The highest BCUT2D eigenvalue weighted by Crippen LogP contribution is 2.10. The second kappa shape index (κ2) is 5.03. The van der Waals surface area contributed by atoms with Crippen molar-refractivity contribution < 1.29 is 4.39 Å². The third-order valence-corrected chi connectivity index (χ3v) is 2.46. The summed E-state index contributed by atoms with van der Waals surface area (Å²) in [5.41, 5.74) is 1.68. The van der Waals surface area contributed by atoms with E-state index < -0.39 is 5.95 Å². The third kappa shape index (κ3) is 3.00. The van der Waals surface area contributed by atoms with E-state index in [1.54, 1.807) is 12.3 Å². The Hall–Kier alpha value is -1.49. The van der Waals surface area contributed by atoms with Gasteiger partial charge in [-0.05, 0) is 40.2 Å². The molecule has 2 aromatic heterocycles. The SMILES string of the molecule is Fc1ccc(NCc2ccc(Br)cn2)cn1. The van der Waals surface area contributed by atoms with Gasteiger partial charge in [-0.3, -0.25) is 4.98 Å². The average Bonchev–Trinajstić information content (AvgIpc) is 2.30. The summed E-state index contributed by atoms with van der Waals surface area (Å²) in [6.07, 6.45) is 3.19. The zero-order chi connectivity index (χ0) is 11.4. The summed E-state index contributed by atoms with van der Waals surface area (Å²) in [6, 6.07) is 6.79. The van der Waals surface area contributed by atoms with Crippen molar-refractivity contribution in [1.82, 2.24) is 9.97 Å². The van der Waals surface area contributed by atoms with Crippen LogP contribution in [0.2, 0.25) is 0 Å². The van der Waals surface area contributed by atoms with Crippen LogP contribution in [0.1, 0.15) is 5.69 Å². The van der Waals surface area contributed by atoms with Gasteiger partial charge in [-0.1, -0.05) is 0 Å². The van der Waals surface area contributed by atoms with Gasteiger partial charge in [0, 0.05) is 10.7 Å². The van der Waals surface area contributed by atoms with Crippen LogP contribution < -0.4 is 5.32 Å². The summed E-state index contributed by atoms with van der Waals surface area (Å²) in [7, 11) is 0. The number of nitrogens with one attached hydrogen (secondary N) is 1. The molecular weight excluding hydrogens is 273 g/mol. The van der Waals surface area contributed by atoms with E-state index in [2.05, 4.69) is 31.2 Å². The smallest absolute Gasteiger partial charge is 0.212 e. The fourth-order valence-corrected chi connectivity index (χ4v) is 1.42. The number of aromatic nitrogens is 2. The molecule has 0 radical (unpaired) electrons. The summed E-state index contributed by atoms with van der Waals surface area (Å²) in [5, 5.41) is 3.10. The van der Waals surface area contributed by atoms with E-state index in [9.17, 15) is 4.39 Å². The number of anilines is 1. The van der Waals surface area contributed by atoms with Crippen LogP contribution in [-0.4, -0.2) is 9.97 Å². The van der Waals surface area contributed by atoms with Crippen molar-refractivity contribution in [2.45, 2.75) is 6.54 Å². The lowest BCUT2D eigenvalue weighted by Gasteiger charge is -2.05. The number of nitrogens with zero attached hydrogens (tertiary/aromatic N) is 2. The first-order valence-electron chi connectivity index (χ1n) is 4.70. The van der Waals surface area contributed by atoms with Crippen LogP contribution in [0.25, 0.3) is 0 Å². The second-order valence-corrected chi connectivity index (χ2v) is 4.11. The fourth-order valence-electron chi connectivity index (χ4n) is 1.18. The molecule has 3 nitrogen and oxygen atoms in total. The molecule has 0 fully saturated rings. The van der Waals surface area contributed by atoms with E-state index in [1.807, 2.05) is 12.1 Å². The van der Waals surface area contributed by atoms with E-state index in [-0.39, 0.29) is 0 Å². The fraction of sp³-hybridized carbons (Fsp3) is 0.0909. The zero-order valence-electron chi connectivity index (χ0n) is 8.32. The molecule has 0 atom stereocenters. The van der Waals surface area contributed by atoms with E-state index in [1.165, 1.54) is 12.3 Å². The van der Waals surface area contributed by atoms with Gasteiger partial charge in [-0.25, -0.2) is 4.98 Å². The van der Waals surface area contributed by atoms with Crippen molar-refractivity contribution in [3.63, 3.8) is 0 Å². The number of hydrogen-bond donors (Lipinski definition) is 1. The molecule has 0 saturated heterocycles. The molecule has 16 heavy (non-hydrogen) atoms. The number of rotatable bonds is 3. The van der Waals surface area contributed by atoms with Crippen molar-refractivity contribution in [3.05, 3.63) is 52.8 Å². The van der Waals surface area contributed by atoms with Crippen LogP contribution in [0.5, 0.6) is 0 Å². The predicted octanol–water partition coefficient (Wildman–Crippen LogP) is 2.99. The Morgan fingerprint density at radius 3 is 2.62 bits per heavy atom. The van der Waals surface area contributed by atoms with Crippen LogP contribution in [0.3, 0.4) is 0 Å². The van der Waals surface area contributed by atoms with E-state index in [0.717, 1.165) is 15.9 Å². The van der Waals surface area contributed by atoms with Gasteiger partial charge in [0.2, 0.25) is 5.95 Å². The standard InChI is InChI=1S/C11H9BrFN3/c12-8-1-2-9(14-5-8)6-15-10-3-4-11(13)16-7-10/h1-5,7,15H,6H2. The molecule has 0 amide bonds. The van der Waals surface area contributed by atoms with E-state index >= 15 is 0 Å². The van der Waals surface area contributed by atoms with Gasteiger partial charge in [0.25, 0.3) is 0 Å². The molecule has 0 aliphatic carbocycles. The Labute approximate surface area is 101 Å². The third-order valence-electron chi connectivity index (χ3n) is 1.99. The molecule has 2 aromatic rings. The minimum atomic E-state index is -0.479. The highest BCUT2D eigenvalue weighted by atomic mass is 79.9. The Kier molecular flexibility index (Phi) is 3.46. The molecule has 0 aliphatic heterocycles. The van der Waals surface area contributed by atoms with Crippen LogP contribution in [0.15, 0.2) is 41.1 Å². The molecule has 0 aromatic carbocycles. The first-order chi connectivity index (χ1) is 7.74. The molecule has 82 valence electrons. The maximum absolute atomic E-state index is 12.5. The average molecular weight is 282 g/mol. The summed E-state index contributed by atoms with van der Waals surface area (Å²) in [5.74, 6) is -0.479.